The molecule has 8 nitrogen and oxygen atoms in total. The number of fused-ring (bicyclic) bond motifs is 4. The average molecular weight is 653 g/mol. The molecule has 50 heavy (non-hydrogen) atoms. The second-order valence-corrected chi connectivity index (χ2v) is 12.7. The maximum Gasteiger partial charge on any atom is 0.261 e. The van der Waals surface area contributed by atoms with Gasteiger partial charge in [0, 0.05) is 128 Å². The Kier molecular flexibility index (Phi) is 6.70. The van der Waals surface area contributed by atoms with Crippen LogP contribution in [0.1, 0.15) is 11.1 Å². The number of para-hydroxylation sites is 4. The summed E-state index contributed by atoms with van der Waals surface area (Å²) in [6.45, 7) is 0. The van der Waals surface area contributed by atoms with Crippen molar-refractivity contribution in [2.75, 3.05) is 7.05 Å². The van der Waals surface area contributed by atoms with Gasteiger partial charge in [0.2, 0.25) is 0 Å². The summed E-state index contributed by atoms with van der Waals surface area (Å²) in [5, 5.41) is 4.36. The average Bonchev–Trinajstić information content (AvgIpc) is 4.00. The fourth-order valence-electron chi connectivity index (χ4n) is 7.30. The first kappa shape index (κ1) is 29.3. The molecule has 2 amide bonds. The summed E-state index contributed by atoms with van der Waals surface area (Å²) in [5.41, 5.74) is 11.6. The maximum atomic E-state index is 12.9. The summed E-state index contributed by atoms with van der Waals surface area (Å²) in [6.07, 6.45) is 12.2. The van der Waals surface area contributed by atoms with Crippen molar-refractivity contribution >= 4 is 66.6 Å². The van der Waals surface area contributed by atoms with E-state index in [1.807, 2.05) is 48.5 Å². The van der Waals surface area contributed by atoms with Crippen LogP contribution in [0.3, 0.4) is 0 Å². The van der Waals surface area contributed by atoms with Gasteiger partial charge in [0.15, 0.2) is 0 Å². The Morgan fingerprint density at radius 1 is 0.400 bits per heavy atom. The largest absolute Gasteiger partial charge is 0.361 e. The molecule has 0 unspecified atom stereocenters. The van der Waals surface area contributed by atoms with Gasteiger partial charge in [-0.15, -0.1) is 0 Å². The molecule has 0 radical (unpaired) electrons. The molecular formula is C42H32N6O2. The van der Waals surface area contributed by atoms with Crippen LogP contribution in [-0.4, -0.2) is 48.3 Å². The van der Waals surface area contributed by atoms with Gasteiger partial charge >= 0.3 is 0 Å². The number of aryl methyl sites for hydroxylation is 1. The van der Waals surface area contributed by atoms with E-state index in [4.69, 9.17) is 0 Å². The number of H-pyrrole nitrogens is 4. The van der Waals surface area contributed by atoms with Gasteiger partial charge in [-0.1, -0.05) is 72.8 Å². The highest BCUT2D eigenvalue weighted by molar-refractivity contribution is 6.50. The molecule has 0 saturated heterocycles. The minimum absolute atomic E-state index is 0.278. The third-order valence-electron chi connectivity index (χ3n) is 9.72. The van der Waals surface area contributed by atoms with Crippen molar-refractivity contribution in [3.05, 3.63) is 145 Å². The highest BCUT2D eigenvalue weighted by atomic mass is 16.2. The van der Waals surface area contributed by atoms with E-state index in [9.17, 15) is 9.59 Å². The maximum absolute atomic E-state index is 12.9. The molecule has 6 heterocycles. The van der Waals surface area contributed by atoms with E-state index < -0.39 is 0 Å². The van der Waals surface area contributed by atoms with Crippen molar-refractivity contribution in [2.45, 2.75) is 0 Å². The van der Waals surface area contributed by atoms with Crippen molar-refractivity contribution in [1.29, 1.82) is 0 Å². The van der Waals surface area contributed by atoms with E-state index in [-0.39, 0.29) is 11.8 Å². The smallest absolute Gasteiger partial charge is 0.261 e. The molecule has 10 rings (SSSR count). The Labute approximate surface area is 286 Å². The number of aromatic nitrogens is 5. The number of nitrogens with zero attached hydrogens (tertiary/aromatic N) is 2. The Bertz CT molecular complexity index is 2610. The van der Waals surface area contributed by atoms with Crippen molar-refractivity contribution in [2.24, 2.45) is 7.05 Å². The number of imide groups is 1. The third-order valence-corrected chi connectivity index (χ3v) is 9.72. The van der Waals surface area contributed by atoms with E-state index in [1.165, 1.54) is 56.0 Å². The van der Waals surface area contributed by atoms with Gasteiger partial charge in [-0.25, -0.2) is 0 Å². The topological polar surface area (TPSA) is 105 Å². The Hall–Kier alpha value is -6.80. The number of nitrogens with one attached hydrogen (secondary N) is 4. The van der Waals surface area contributed by atoms with E-state index >= 15 is 0 Å². The van der Waals surface area contributed by atoms with Crippen molar-refractivity contribution < 1.29 is 9.59 Å². The molecule has 9 aromatic rings. The fourth-order valence-corrected chi connectivity index (χ4v) is 7.30. The summed E-state index contributed by atoms with van der Waals surface area (Å²) in [4.78, 5) is 40.2. The van der Waals surface area contributed by atoms with Crippen LogP contribution in [0.4, 0.5) is 0 Å². The van der Waals surface area contributed by atoms with Crippen LogP contribution < -0.4 is 0 Å². The summed E-state index contributed by atoms with van der Waals surface area (Å²) in [7, 11) is 3.61. The fraction of sp³-hybridized carbons (Fsp3) is 0.0476. The monoisotopic (exact) mass is 652 g/mol. The van der Waals surface area contributed by atoms with Gasteiger partial charge in [0.05, 0.1) is 11.1 Å². The number of hydrogen-bond donors (Lipinski definition) is 4. The predicted molar refractivity (Wildman–Crippen MR) is 201 cm³/mol. The molecule has 0 aliphatic carbocycles. The zero-order chi connectivity index (χ0) is 33.9. The third kappa shape index (κ3) is 4.53. The van der Waals surface area contributed by atoms with Gasteiger partial charge in [-0.05, 0) is 24.3 Å². The molecule has 5 aromatic heterocycles. The van der Waals surface area contributed by atoms with Crippen molar-refractivity contribution in [3.8, 4) is 22.3 Å². The minimum Gasteiger partial charge on any atom is -0.361 e. The summed E-state index contributed by atoms with van der Waals surface area (Å²) < 4.78 is 2.13. The normalized spacial score (nSPS) is 13.4. The lowest BCUT2D eigenvalue weighted by atomic mass is 9.95. The van der Waals surface area contributed by atoms with E-state index in [2.05, 4.69) is 105 Å². The molecule has 1 aliphatic rings. The van der Waals surface area contributed by atoms with Gasteiger partial charge in [-0.3, -0.25) is 14.5 Å². The van der Waals surface area contributed by atoms with Crippen LogP contribution in [0, 0.1) is 0 Å². The van der Waals surface area contributed by atoms with Crippen LogP contribution in [0.2, 0.25) is 0 Å². The molecular weight excluding hydrogens is 621 g/mol. The summed E-state index contributed by atoms with van der Waals surface area (Å²) in [5.74, 6) is -0.555. The number of carbonyl (C=O) groups is 2. The number of carbonyl (C=O) groups excluding carboxylic acids is 2. The Morgan fingerprint density at radius 3 is 1.06 bits per heavy atom. The van der Waals surface area contributed by atoms with Gasteiger partial charge in [0.25, 0.3) is 11.8 Å². The van der Waals surface area contributed by atoms with Crippen LogP contribution in [0.15, 0.2) is 134 Å². The standard InChI is InChI=1S/C21H15N3O2.C21H17N3/c1-24-20(25)18(14-10-22-16-8-4-2-6-12(14)16)19(21(24)26)15-11-23-17-9-5-3-7-13(15)17;1-24-12-18(16-10-22-20-8-4-2-6-14(16)20)19(13-24)17-11-23-21-9-5-3-7-15(17)21/h2-11,22-23H,1H3;2-13,22-23H,1H3. The Morgan fingerprint density at radius 2 is 0.700 bits per heavy atom. The summed E-state index contributed by atoms with van der Waals surface area (Å²) in [6, 6.07) is 32.4. The lowest BCUT2D eigenvalue weighted by Crippen LogP contribution is -2.26. The zero-order valence-corrected chi connectivity index (χ0v) is 27.4. The van der Waals surface area contributed by atoms with Gasteiger partial charge in [-0.2, -0.15) is 0 Å². The number of likely N-dealkylation sites (N-methyl/N-ethyl adjacent to an activating group) is 1. The molecule has 4 aromatic carbocycles. The van der Waals surface area contributed by atoms with Crippen molar-refractivity contribution in [1.82, 2.24) is 29.4 Å². The first-order chi connectivity index (χ1) is 24.5. The molecule has 0 fully saturated rings. The highest BCUT2D eigenvalue weighted by Gasteiger charge is 2.39. The number of benzene rings is 4. The van der Waals surface area contributed by atoms with E-state index in [0.717, 1.165) is 32.9 Å². The minimum atomic E-state index is -0.278. The van der Waals surface area contributed by atoms with Gasteiger partial charge in [0.1, 0.15) is 0 Å². The van der Waals surface area contributed by atoms with Crippen LogP contribution in [-0.2, 0) is 16.6 Å². The molecule has 8 heteroatoms. The van der Waals surface area contributed by atoms with Crippen LogP contribution >= 0.6 is 0 Å². The number of aromatic amines is 4. The number of amides is 2. The van der Waals surface area contributed by atoms with E-state index in [0.29, 0.717) is 11.1 Å². The molecule has 0 atom stereocenters. The van der Waals surface area contributed by atoms with E-state index in [1.54, 1.807) is 12.4 Å². The quantitative estimate of drug-likeness (QED) is 0.143. The second-order valence-electron chi connectivity index (χ2n) is 12.7. The highest BCUT2D eigenvalue weighted by Crippen LogP contribution is 2.41. The lowest BCUT2D eigenvalue weighted by Gasteiger charge is -2.06. The second kappa shape index (κ2) is 11.4. The lowest BCUT2D eigenvalue weighted by molar-refractivity contribution is -0.134. The van der Waals surface area contributed by atoms with Crippen LogP contribution in [0.5, 0.6) is 0 Å². The molecule has 242 valence electrons. The first-order valence-corrected chi connectivity index (χ1v) is 16.5. The first-order valence-electron chi connectivity index (χ1n) is 16.5. The number of rotatable bonds is 4. The zero-order valence-electron chi connectivity index (χ0n) is 27.4. The van der Waals surface area contributed by atoms with Crippen molar-refractivity contribution in [3.63, 3.8) is 0 Å². The SMILES string of the molecule is CN1C(=O)C(c2c[nH]c3ccccc23)=C(c2c[nH]c3ccccc23)C1=O.Cn1cc(-c2c[nH]c3ccccc23)c(-c2c[nH]c3ccccc23)c1. The van der Waals surface area contributed by atoms with Crippen LogP contribution in [0.25, 0.3) is 77.0 Å². The summed E-state index contributed by atoms with van der Waals surface area (Å²) >= 11 is 0. The van der Waals surface area contributed by atoms with Gasteiger partial charge < -0.3 is 24.5 Å². The Balaban J connectivity index is 0.000000135. The molecule has 0 spiro atoms. The molecule has 0 bridgehead atoms. The molecule has 4 N–H and O–H groups in total. The predicted octanol–water partition coefficient (Wildman–Crippen LogP) is 8.88. The molecule has 0 saturated carbocycles. The molecule has 1 aliphatic heterocycles. The number of hydrogen-bond acceptors (Lipinski definition) is 2.